The molecule has 18 heteroatoms. The number of rotatable bonds is 0. The molecule has 4 N–H and O–H groups in total. The van der Waals surface area contributed by atoms with Crippen LogP contribution in [-0.4, -0.2) is 29.9 Å². The Morgan fingerprint density at radius 2 is 0.667 bits per heavy atom. The summed E-state index contributed by atoms with van der Waals surface area (Å²) < 4.78 is 65.4. The summed E-state index contributed by atoms with van der Waals surface area (Å²) >= 11 is 0. The quantitative estimate of drug-likeness (QED) is 0.237. The van der Waals surface area contributed by atoms with Gasteiger partial charge in [-0.05, 0) is 0 Å². The van der Waals surface area contributed by atoms with Crippen molar-refractivity contribution < 1.29 is 78.3 Å². The van der Waals surface area contributed by atoms with Crippen molar-refractivity contribution >= 4 is 0 Å². The van der Waals surface area contributed by atoms with E-state index < -0.39 is 30.7 Å². The molecule has 0 aliphatic rings. The Bertz CT molecular complexity index is 167. The predicted octanol–water partition coefficient (Wildman–Crippen LogP) is -8.94. The van der Waals surface area contributed by atoms with Crippen molar-refractivity contribution in [3.8, 4) is 0 Å². The van der Waals surface area contributed by atoms with Crippen molar-refractivity contribution in [2.75, 3.05) is 0 Å². The summed E-state index contributed by atoms with van der Waals surface area (Å²) in [7, 11) is -9.39. The largest absolute Gasteiger partial charge is 0.328 e. The van der Waals surface area contributed by atoms with Gasteiger partial charge in [-0.3, -0.25) is 0 Å². The van der Waals surface area contributed by atoms with Crippen LogP contribution in [0.5, 0.6) is 0 Å². The molecule has 0 atom stereocenters. The Labute approximate surface area is 99.5 Å². The molecule has 0 saturated carbocycles. The van der Waals surface area contributed by atoms with Crippen LogP contribution < -0.4 is 28.0 Å². The highest BCUT2D eigenvalue weighted by atomic mass is 35.7. The maximum absolute atomic E-state index is 8.60. The molecule has 0 unspecified atom stereocenters. The molecule has 0 amide bonds. The predicted molar refractivity (Wildman–Crippen MR) is 22.0 cm³/mol. The fourth-order valence-corrected chi connectivity index (χ4v) is 0. The number of hydrogen-bond acceptors (Lipinski definition) is 12. The molecule has 0 aromatic carbocycles. The smallest absolute Gasteiger partial charge is 0.291 e. The molecule has 0 aromatic heterocycles. The van der Waals surface area contributed by atoms with Gasteiger partial charge < -0.3 is 10.4 Å². The maximum atomic E-state index is 8.60. The molecule has 0 aliphatic carbocycles. The summed E-state index contributed by atoms with van der Waals surface area (Å²) in [5, 5.41) is 27.3. The number of nitrogens with zero attached hydrogens (tertiary/aromatic N) is 2. The van der Waals surface area contributed by atoms with E-state index in [0.29, 0.717) is 0 Å². The van der Waals surface area contributed by atoms with Crippen molar-refractivity contribution in [2.24, 2.45) is 0 Å². The first-order valence-electron chi connectivity index (χ1n) is 2.39. The van der Waals surface area contributed by atoms with Crippen LogP contribution in [0.2, 0.25) is 0 Å². The third-order valence-corrected chi connectivity index (χ3v) is 0. The van der Waals surface area contributed by atoms with Crippen molar-refractivity contribution in [1.29, 1.82) is 0 Å². The monoisotopic (exact) mass is 326 g/mol. The topological polar surface area (TPSA) is 306 Å². The van der Waals surface area contributed by atoms with Gasteiger partial charge in [0, 0.05) is 0 Å². The number of halogens is 2. The molecule has 18 heavy (non-hydrogen) atoms. The van der Waals surface area contributed by atoms with E-state index in [9.17, 15) is 0 Å². The molecule has 0 aliphatic heterocycles. The zero-order valence-electron chi connectivity index (χ0n) is 7.52. The summed E-state index contributed by atoms with van der Waals surface area (Å²) in [4.78, 5) is 16.7. The molecule has 112 valence electrons. The van der Waals surface area contributed by atoms with Gasteiger partial charge in [-0.2, -0.15) is 28.0 Å². The Kier molecular flexibility index (Phi) is 17.2. The molecule has 0 fully saturated rings. The van der Waals surface area contributed by atoms with Crippen LogP contribution >= 0.6 is 0 Å². The van der Waals surface area contributed by atoms with Crippen LogP contribution in [0.4, 0.5) is 0 Å². The average Bonchev–Trinajstić information content (AvgIpc) is 1.70. The van der Waals surface area contributed by atoms with Crippen LogP contribution in [0.3, 0.4) is 0 Å². The molecule has 0 heterocycles. The van der Waals surface area contributed by atoms with E-state index in [-0.39, 0.29) is 0 Å². The molecular formula is H4Cl2N2O14. The fraction of sp³-hybridized carbons (Fsp3) is 0. The van der Waals surface area contributed by atoms with Gasteiger partial charge in [-0.1, -0.05) is 0 Å². The second-order valence-electron chi connectivity index (χ2n) is 1.27. The molecule has 0 aromatic rings. The normalized spacial score (nSPS) is 9.33. The van der Waals surface area contributed by atoms with Gasteiger partial charge in [0.1, 0.15) is 0 Å². The lowest BCUT2D eigenvalue weighted by atomic mass is 13.1. The Morgan fingerprint density at radius 1 is 0.667 bits per heavy atom. The zero-order valence-corrected chi connectivity index (χ0v) is 9.03. The Hall–Kier alpha value is -1.34. The highest BCUT2D eigenvalue weighted by molar-refractivity contribution is 3.83. The van der Waals surface area contributed by atoms with Gasteiger partial charge in [-0.15, -0.1) is 20.2 Å². The van der Waals surface area contributed by atoms with E-state index in [2.05, 4.69) is 0 Å². The van der Waals surface area contributed by atoms with E-state index >= 15 is 0 Å². The maximum Gasteiger partial charge on any atom is 0.291 e. The molecule has 0 radical (unpaired) electrons. The van der Waals surface area contributed by atoms with Crippen LogP contribution in [0, 0.1) is 40.7 Å². The van der Waals surface area contributed by atoms with E-state index in [1.807, 2.05) is 0 Å². The van der Waals surface area contributed by atoms with Crippen LogP contribution in [0.25, 0.3) is 0 Å². The van der Waals surface area contributed by atoms with Crippen LogP contribution in [0.1, 0.15) is 0 Å². The Morgan fingerprint density at radius 3 is 0.667 bits per heavy atom. The van der Waals surface area contributed by atoms with Gasteiger partial charge in [0.15, 0.2) is 0 Å². The van der Waals surface area contributed by atoms with E-state index in [4.69, 9.17) is 67.9 Å². The summed E-state index contributed by atoms with van der Waals surface area (Å²) in [6, 6.07) is 0. The van der Waals surface area contributed by atoms with Gasteiger partial charge in [-0.25, -0.2) is 0 Å². The third-order valence-electron chi connectivity index (χ3n) is 0. The summed E-state index contributed by atoms with van der Waals surface area (Å²) in [5.74, 6) is 0. The summed E-state index contributed by atoms with van der Waals surface area (Å²) in [6.45, 7) is 0. The zero-order chi connectivity index (χ0) is 16.2. The first-order chi connectivity index (χ1) is 7.46. The molecule has 16 nitrogen and oxygen atoms in total. The highest BCUT2D eigenvalue weighted by Crippen LogP contribution is 1.61. The molecule has 0 spiro atoms. The van der Waals surface area contributed by atoms with Gasteiger partial charge in [0.25, 0.3) is 10.2 Å². The van der Waals surface area contributed by atoms with Gasteiger partial charge in [0.2, 0.25) is 0 Å². The summed E-state index contributed by atoms with van der Waals surface area (Å²) in [5.41, 5.74) is 0. The van der Waals surface area contributed by atoms with Crippen molar-refractivity contribution in [2.45, 2.75) is 0 Å². The molecule has 0 bridgehead atoms. The number of hydrogen-bond donors (Lipinski definition) is 4. The minimum absolute atomic E-state index is 1.50. The first kappa shape index (κ1) is 25.5. The lowest BCUT2D eigenvalue weighted by molar-refractivity contribution is -1.92. The lowest BCUT2D eigenvalue weighted by Crippen LogP contribution is -2.58. The highest BCUT2D eigenvalue weighted by Gasteiger charge is 1.99. The van der Waals surface area contributed by atoms with Crippen molar-refractivity contribution in [3.63, 3.8) is 0 Å². The SMILES string of the molecule is O=[N+]([O-])O.O=[N+]([O-])O.[O-][Cl+3]([O-])([O-])O.[O-][Cl+3]([O-])([O-])O. The first-order valence-corrected chi connectivity index (χ1v) is 4.92. The van der Waals surface area contributed by atoms with E-state index in [0.717, 1.165) is 0 Å². The van der Waals surface area contributed by atoms with Gasteiger partial charge in [0.05, 0.1) is 29.8 Å². The average molecular weight is 327 g/mol. The van der Waals surface area contributed by atoms with Crippen molar-refractivity contribution in [3.05, 3.63) is 20.2 Å². The standard InChI is InChI=1S/2ClHO4.2HNO3/c2*2-1(3,4)5;2*2-1(3)4/h2*(H,2,3,4,5);2*(H,2,3,4). The van der Waals surface area contributed by atoms with Crippen LogP contribution in [-0.2, 0) is 0 Å². The lowest BCUT2D eigenvalue weighted by Gasteiger charge is -2.03. The fourth-order valence-electron chi connectivity index (χ4n) is 0. The molecule has 0 rings (SSSR count). The van der Waals surface area contributed by atoms with Crippen LogP contribution in [0.15, 0.2) is 0 Å². The second kappa shape index (κ2) is 12.1. The minimum Gasteiger partial charge on any atom is -0.328 e. The summed E-state index contributed by atoms with van der Waals surface area (Å²) in [6.07, 6.45) is 0. The molecular weight excluding hydrogens is 323 g/mol. The molecule has 0 saturated heterocycles. The Balaban J connectivity index is -0.0000000731. The second-order valence-corrected chi connectivity index (χ2v) is 2.85. The van der Waals surface area contributed by atoms with E-state index in [1.54, 1.807) is 0 Å². The third kappa shape index (κ3) is 1520. The van der Waals surface area contributed by atoms with Gasteiger partial charge >= 0.3 is 0 Å². The minimum atomic E-state index is -4.69. The van der Waals surface area contributed by atoms with E-state index in [1.165, 1.54) is 0 Å². The van der Waals surface area contributed by atoms with Crippen molar-refractivity contribution in [1.82, 2.24) is 0 Å².